The summed E-state index contributed by atoms with van der Waals surface area (Å²) in [7, 11) is 0. The van der Waals surface area contributed by atoms with Gasteiger partial charge in [0.05, 0.1) is 18.4 Å². The topological polar surface area (TPSA) is 83.8 Å². The Morgan fingerprint density at radius 2 is 1.65 bits per heavy atom. The Hall–Kier alpha value is -1.10. The lowest BCUT2D eigenvalue weighted by Gasteiger charge is -2.24. The quantitative estimate of drug-likeness (QED) is 0.541. The Labute approximate surface area is 101 Å². The lowest BCUT2D eigenvalue weighted by atomic mass is 9.82. The minimum absolute atomic E-state index is 0.112. The molecule has 0 heterocycles. The van der Waals surface area contributed by atoms with E-state index in [0.717, 1.165) is 0 Å². The number of unbranched alkanes of at least 4 members (excludes halogenated alkanes) is 1. The van der Waals surface area contributed by atoms with Gasteiger partial charge in [0.15, 0.2) is 0 Å². The monoisotopic (exact) mass is 244 g/mol. The van der Waals surface area contributed by atoms with Gasteiger partial charge in [0.2, 0.25) is 0 Å². The predicted octanol–water partition coefficient (Wildman–Crippen LogP) is 1.19. The summed E-state index contributed by atoms with van der Waals surface area (Å²) in [4.78, 5) is 22.3. The van der Waals surface area contributed by atoms with Gasteiger partial charge in [-0.15, -0.1) is 0 Å². The van der Waals surface area contributed by atoms with Gasteiger partial charge in [-0.25, -0.2) is 0 Å². The van der Waals surface area contributed by atoms with E-state index in [2.05, 4.69) is 0 Å². The molecule has 98 valence electrons. The van der Waals surface area contributed by atoms with E-state index in [1.54, 1.807) is 0 Å². The van der Waals surface area contributed by atoms with E-state index in [9.17, 15) is 9.59 Å². The first kappa shape index (κ1) is 14.0. The number of rotatable bonds is 6. The molecule has 0 amide bonds. The minimum atomic E-state index is -0.764. The maximum Gasteiger partial charge on any atom is 0.308 e. The first-order chi connectivity index (χ1) is 8.15. The van der Waals surface area contributed by atoms with Crippen LogP contribution in [-0.2, 0) is 14.3 Å². The molecule has 2 N–H and O–H groups in total. The Balaban J connectivity index is 2.19. The van der Waals surface area contributed by atoms with E-state index >= 15 is 0 Å². The Bertz CT molecular complexity index is 256. The molecule has 5 nitrogen and oxygen atoms in total. The largest absolute Gasteiger partial charge is 0.481 e. The number of ether oxygens (including phenoxy) is 1. The van der Waals surface area contributed by atoms with Crippen molar-refractivity contribution < 1.29 is 24.5 Å². The second kappa shape index (κ2) is 7.27. The third-order valence-corrected chi connectivity index (χ3v) is 3.21. The summed E-state index contributed by atoms with van der Waals surface area (Å²) in [6, 6.07) is 0. The van der Waals surface area contributed by atoms with Crippen molar-refractivity contribution in [1.29, 1.82) is 0 Å². The number of aliphatic hydroxyl groups excluding tert-OH is 1. The molecule has 0 radical (unpaired) electrons. The Morgan fingerprint density at radius 3 is 2.18 bits per heavy atom. The second-order valence-corrected chi connectivity index (χ2v) is 4.48. The van der Waals surface area contributed by atoms with E-state index in [1.165, 1.54) is 0 Å². The summed E-state index contributed by atoms with van der Waals surface area (Å²) in [5.41, 5.74) is 0. The van der Waals surface area contributed by atoms with Crippen LogP contribution in [0.15, 0.2) is 0 Å². The average Bonchev–Trinajstić information content (AvgIpc) is 2.34. The third-order valence-electron chi connectivity index (χ3n) is 3.21. The maximum atomic E-state index is 11.6. The van der Waals surface area contributed by atoms with Crippen molar-refractivity contribution in [3.05, 3.63) is 0 Å². The number of carbonyl (C=O) groups excluding carboxylic acids is 1. The van der Waals surface area contributed by atoms with Gasteiger partial charge >= 0.3 is 11.9 Å². The fraction of sp³-hybridized carbons (Fsp3) is 0.833. The van der Waals surface area contributed by atoms with Crippen LogP contribution in [0.4, 0.5) is 0 Å². The lowest BCUT2D eigenvalue weighted by Crippen LogP contribution is -2.27. The number of hydrogen-bond acceptors (Lipinski definition) is 4. The Kier molecular flexibility index (Phi) is 5.97. The van der Waals surface area contributed by atoms with Crippen LogP contribution in [0.25, 0.3) is 0 Å². The molecule has 0 spiro atoms. The molecule has 1 fully saturated rings. The van der Waals surface area contributed by atoms with E-state index in [-0.39, 0.29) is 24.4 Å². The fourth-order valence-electron chi connectivity index (χ4n) is 2.08. The lowest BCUT2D eigenvalue weighted by molar-refractivity contribution is -0.152. The zero-order chi connectivity index (χ0) is 12.7. The van der Waals surface area contributed by atoms with Gasteiger partial charge in [0, 0.05) is 6.61 Å². The summed E-state index contributed by atoms with van der Waals surface area (Å²) in [6.07, 6.45) is 3.65. The van der Waals surface area contributed by atoms with Crippen molar-refractivity contribution >= 4 is 11.9 Å². The zero-order valence-electron chi connectivity index (χ0n) is 9.93. The van der Waals surface area contributed by atoms with Crippen LogP contribution in [0.3, 0.4) is 0 Å². The van der Waals surface area contributed by atoms with Crippen LogP contribution in [0.2, 0.25) is 0 Å². The molecule has 1 rings (SSSR count). The molecule has 0 aromatic carbocycles. The highest BCUT2D eigenvalue weighted by atomic mass is 16.5. The molecule has 0 aromatic rings. The van der Waals surface area contributed by atoms with Gasteiger partial charge < -0.3 is 14.9 Å². The highest BCUT2D eigenvalue weighted by Crippen LogP contribution is 2.29. The third kappa shape index (κ3) is 4.73. The molecule has 0 aromatic heterocycles. The summed E-state index contributed by atoms with van der Waals surface area (Å²) in [5, 5.41) is 17.4. The van der Waals surface area contributed by atoms with Crippen molar-refractivity contribution in [2.45, 2.75) is 38.5 Å². The van der Waals surface area contributed by atoms with Gasteiger partial charge in [-0.1, -0.05) is 0 Å². The number of esters is 1. The zero-order valence-corrected chi connectivity index (χ0v) is 9.93. The van der Waals surface area contributed by atoms with Gasteiger partial charge in [0.1, 0.15) is 0 Å². The maximum absolute atomic E-state index is 11.6. The van der Waals surface area contributed by atoms with Crippen molar-refractivity contribution in [3.8, 4) is 0 Å². The van der Waals surface area contributed by atoms with E-state index in [0.29, 0.717) is 45.1 Å². The first-order valence-electron chi connectivity index (χ1n) is 6.15. The second-order valence-electron chi connectivity index (χ2n) is 4.48. The molecule has 5 heteroatoms. The number of carbonyl (C=O) groups is 2. The average molecular weight is 244 g/mol. The molecule has 0 bridgehead atoms. The van der Waals surface area contributed by atoms with Gasteiger partial charge in [-0.05, 0) is 38.5 Å². The van der Waals surface area contributed by atoms with E-state index < -0.39 is 5.97 Å². The molecule has 1 aliphatic carbocycles. The molecule has 0 atom stereocenters. The summed E-state index contributed by atoms with van der Waals surface area (Å²) in [5.74, 6) is -1.42. The molecule has 1 saturated carbocycles. The van der Waals surface area contributed by atoms with Gasteiger partial charge in [-0.3, -0.25) is 9.59 Å². The number of carboxylic acids is 1. The minimum Gasteiger partial charge on any atom is -0.481 e. The molecular weight excluding hydrogens is 224 g/mol. The summed E-state index contributed by atoms with van der Waals surface area (Å²) < 4.78 is 5.08. The van der Waals surface area contributed by atoms with Crippen LogP contribution in [0.5, 0.6) is 0 Å². The van der Waals surface area contributed by atoms with E-state index in [1.807, 2.05) is 0 Å². The first-order valence-corrected chi connectivity index (χ1v) is 6.15. The normalized spacial score (nSPS) is 24.3. The molecule has 0 aliphatic heterocycles. The summed E-state index contributed by atoms with van der Waals surface area (Å²) >= 11 is 0. The highest BCUT2D eigenvalue weighted by molar-refractivity contribution is 5.74. The number of carboxylic acid groups (broad SMARTS) is 1. The molecule has 17 heavy (non-hydrogen) atoms. The molecule has 1 aliphatic rings. The number of hydrogen-bond donors (Lipinski definition) is 2. The summed E-state index contributed by atoms with van der Waals surface area (Å²) in [6.45, 7) is 0.458. The van der Waals surface area contributed by atoms with Crippen molar-refractivity contribution in [2.24, 2.45) is 11.8 Å². The van der Waals surface area contributed by atoms with Crippen LogP contribution in [0, 0.1) is 11.8 Å². The fourth-order valence-corrected chi connectivity index (χ4v) is 2.08. The SMILES string of the molecule is O=C(O)C1CCC(C(=O)OCCCCO)CC1. The smallest absolute Gasteiger partial charge is 0.308 e. The number of aliphatic hydroxyl groups is 1. The molecule has 0 saturated heterocycles. The van der Waals surface area contributed by atoms with Crippen molar-refractivity contribution in [3.63, 3.8) is 0 Å². The van der Waals surface area contributed by atoms with Crippen molar-refractivity contribution in [1.82, 2.24) is 0 Å². The van der Waals surface area contributed by atoms with Gasteiger partial charge in [0.25, 0.3) is 0 Å². The number of aliphatic carboxylic acids is 1. The molecule has 0 unspecified atom stereocenters. The Morgan fingerprint density at radius 1 is 1.06 bits per heavy atom. The van der Waals surface area contributed by atoms with Gasteiger partial charge in [-0.2, -0.15) is 0 Å². The van der Waals surface area contributed by atoms with Crippen LogP contribution < -0.4 is 0 Å². The highest BCUT2D eigenvalue weighted by Gasteiger charge is 2.30. The van der Waals surface area contributed by atoms with Crippen LogP contribution >= 0.6 is 0 Å². The van der Waals surface area contributed by atoms with Crippen LogP contribution in [-0.4, -0.2) is 35.4 Å². The standard InChI is InChI=1S/C12H20O5/c13-7-1-2-8-17-12(16)10-5-3-9(4-6-10)11(14)15/h9-10,13H,1-8H2,(H,14,15). The van der Waals surface area contributed by atoms with Crippen LogP contribution in [0.1, 0.15) is 38.5 Å². The van der Waals surface area contributed by atoms with Crippen molar-refractivity contribution in [2.75, 3.05) is 13.2 Å². The molecular formula is C12H20O5. The predicted molar refractivity (Wildman–Crippen MR) is 60.4 cm³/mol. The van der Waals surface area contributed by atoms with E-state index in [4.69, 9.17) is 14.9 Å².